The molecule has 0 bridgehead atoms. The van der Waals surface area contributed by atoms with Crippen molar-refractivity contribution in [3.8, 4) is 0 Å². The van der Waals surface area contributed by atoms with Crippen LogP contribution in [0.1, 0.15) is 11.3 Å². The van der Waals surface area contributed by atoms with Gasteiger partial charge in [-0.15, -0.1) is 6.58 Å². The normalized spacial score (nSPS) is 10.4. The van der Waals surface area contributed by atoms with Crippen molar-refractivity contribution in [1.82, 2.24) is 20.2 Å². The second kappa shape index (κ2) is 11.2. The summed E-state index contributed by atoms with van der Waals surface area (Å²) >= 11 is 1.23. The number of carbonyl (C=O) groups excluding carboxylic acids is 2. The lowest BCUT2D eigenvalue weighted by Crippen LogP contribution is -2.29. The molecule has 0 aliphatic carbocycles. The molecular weight excluding hydrogens is 364 g/mol. The molecule has 144 valence electrons. The van der Waals surface area contributed by atoms with Crippen LogP contribution in [0.15, 0.2) is 54.3 Å². The van der Waals surface area contributed by atoms with E-state index >= 15 is 0 Å². The van der Waals surface area contributed by atoms with E-state index in [1.165, 1.54) is 23.5 Å². The van der Waals surface area contributed by atoms with Crippen LogP contribution in [0.4, 0.5) is 0 Å². The van der Waals surface area contributed by atoms with Crippen LogP contribution in [-0.2, 0) is 29.2 Å². The average Bonchev–Trinajstić information content (AvgIpc) is 3.07. The van der Waals surface area contributed by atoms with E-state index in [0.29, 0.717) is 23.9 Å². The van der Waals surface area contributed by atoms with Gasteiger partial charge in [-0.1, -0.05) is 48.2 Å². The van der Waals surface area contributed by atoms with Gasteiger partial charge in [-0.05, 0) is 12.0 Å². The van der Waals surface area contributed by atoms with Crippen molar-refractivity contribution in [1.29, 1.82) is 0 Å². The Morgan fingerprint density at radius 1 is 1.22 bits per heavy atom. The summed E-state index contributed by atoms with van der Waals surface area (Å²) in [6, 6.07) is 9.93. The highest BCUT2D eigenvalue weighted by molar-refractivity contribution is 7.99. The highest BCUT2D eigenvalue weighted by atomic mass is 32.2. The quantitative estimate of drug-likeness (QED) is 0.396. The van der Waals surface area contributed by atoms with Gasteiger partial charge in [-0.25, -0.2) is 4.98 Å². The number of nitrogens with one attached hydrogen (secondary N) is 2. The van der Waals surface area contributed by atoms with Crippen molar-refractivity contribution in [2.45, 2.75) is 24.7 Å². The molecule has 7 nitrogen and oxygen atoms in total. The Kier molecular flexibility index (Phi) is 8.60. The van der Waals surface area contributed by atoms with Crippen molar-refractivity contribution < 1.29 is 14.7 Å². The predicted molar refractivity (Wildman–Crippen MR) is 105 cm³/mol. The zero-order chi connectivity index (χ0) is 19.5. The van der Waals surface area contributed by atoms with Gasteiger partial charge in [0, 0.05) is 13.1 Å². The van der Waals surface area contributed by atoms with Crippen LogP contribution in [0.3, 0.4) is 0 Å². The Bertz CT molecular complexity index is 762. The summed E-state index contributed by atoms with van der Waals surface area (Å²) in [4.78, 5) is 28.2. The minimum atomic E-state index is -0.231. The number of aliphatic hydroxyl groups is 1. The fraction of sp³-hybridized carbons (Fsp3) is 0.316. The highest BCUT2D eigenvalue weighted by Crippen LogP contribution is 2.18. The average molecular weight is 388 g/mol. The molecule has 1 aromatic heterocycles. The number of hydrogen-bond acceptors (Lipinski definition) is 5. The zero-order valence-corrected chi connectivity index (χ0v) is 15.9. The molecule has 8 heteroatoms. The molecule has 2 rings (SSSR count). The molecule has 0 unspecified atom stereocenters. The third kappa shape index (κ3) is 6.92. The van der Waals surface area contributed by atoms with E-state index in [1.54, 1.807) is 10.6 Å². The fourth-order valence-electron chi connectivity index (χ4n) is 2.36. The molecule has 2 aromatic rings. The molecule has 0 aliphatic heterocycles. The Morgan fingerprint density at radius 2 is 2.00 bits per heavy atom. The maximum atomic E-state index is 12.0. The van der Waals surface area contributed by atoms with E-state index in [-0.39, 0.29) is 30.7 Å². The molecule has 0 radical (unpaired) electrons. The maximum absolute atomic E-state index is 12.0. The first-order valence-corrected chi connectivity index (χ1v) is 9.59. The smallest absolute Gasteiger partial charge is 0.240 e. The van der Waals surface area contributed by atoms with Gasteiger partial charge in [0.1, 0.15) is 6.54 Å². The van der Waals surface area contributed by atoms with Gasteiger partial charge in [0.25, 0.3) is 0 Å². The molecule has 1 aromatic carbocycles. The van der Waals surface area contributed by atoms with Crippen molar-refractivity contribution in [3.05, 3.63) is 60.4 Å². The van der Waals surface area contributed by atoms with Crippen LogP contribution in [0, 0.1) is 0 Å². The topological polar surface area (TPSA) is 96.2 Å². The monoisotopic (exact) mass is 388 g/mol. The van der Waals surface area contributed by atoms with E-state index in [9.17, 15) is 14.7 Å². The first-order chi connectivity index (χ1) is 13.1. The lowest BCUT2D eigenvalue weighted by molar-refractivity contribution is -0.121. The van der Waals surface area contributed by atoms with Crippen LogP contribution in [0.5, 0.6) is 0 Å². The Hall–Kier alpha value is -2.58. The summed E-state index contributed by atoms with van der Waals surface area (Å²) in [6.07, 6.45) is 3.87. The molecule has 0 aliphatic rings. The number of hydrogen-bond donors (Lipinski definition) is 3. The molecule has 0 fully saturated rings. The zero-order valence-electron chi connectivity index (χ0n) is 15.1. The summed E-state index contributed by atoms with van der Waals surface area (Å²) in [5.74, 6) is -0.130. The summed E-state index contributed by atoms with van der Waals surface area (Å²) in [7, 11) is 0. The number of carbonyl (C=O) groups is 2. The van der Waals surface area contributed by atoms with Crippen LogP contribution in [0.25, 0.3) is 0 Å². The minimum absolute atomic E-state index is 0.0295. The van der Waals surface area contributed by atoms with Crippen LogP contribution in [-0.4, -0.2) is 45.3 Å². The number of thioether (sulfide) groups is 1. The third-order valence-electron chi connectivity index (χ3n) is 3.72. The fourth-order valence-corrected chi connectivity index (χ4v) is 3.19. The molecular formula is C19H24N4O3S. The second-order valence-corrected chi connectivity index (χ2v) is 6.69. The lowest BCUT2D eigenvalue weighted by atomic mass is 10.1. The first-order valence-electron chi connectivity index (χ1n) is 8.60. The van der Waals surface area contributed by atoms with E-state index in [1.807, 2.05) is 30.3 Å². The number of amides is 2. The number of nitrogens with zero attached hydrogens (tertiary/aromatic N) is 2. The van der Waals surface area contributed by atoms with E-state index in [0.717, 1.165) is 6.42 Å². The van der Waals surface area contributed by atoms with Crippen molar-refractivity contribution in [2.75, 3.05) is 18.8 Å². The highest BCUT2D eigenvalue weighted by Gasteiger charge is 2.14. The number of benzene rings is 1. The molecule has 0 spiro atoms. The van der Waals surface area contributed by atoms with Gasteiger partial charge < -0.3 is 20.3 Å². The van der Waals surface area contributed by atoms with E-state index in [2.05, 4.69) is 22.2 Å². The molecule has 2 amide bonds. The first kappa shape index (κ1) is 20.7. The molecule has 0 saturated carbocycles. The number of aromatic nitrogens is 2. The number of aliphatic hydroxyl groups excluding tert-OH is 1. The van der Waals surface area contributed by atoms with Crippen LogP contribution >= 0.6 is 11.8 Å². The van der Waals surface area contributed by atoms with Crippen molar-refractivity contribution >= 4 is 23.6 Å². The Morgan fingerprint density at radius 3 is 2.70 bits per heavy atom. The molecule has 1 heterocycles. The Balaban J connectivity index is 1.83. The van der Waals surface area contributed by atoms with Gasteiger partial charge in [-0.3, -0.25) is 9.59 Å². The van der Waals surface area contributed by atoms with Gasteiger partial charge in [0.15, 0.2) is 5.16 Å². The number of imidazole rings is 1. The summed E-state index contributed by atoms with van der Waals surface area (Å²) < 4.78 is 1.61. The number of rotatable bonds is 11. The van der Waals surface area contributed by atoms with Gasteiger partial charge >= 0.3 is 0 Å². The van der Waals surface area contributed by atoms with Crippen molar-refractivity contribution in [3.63, 3.8) is 0 Å². The predicted octanol–water partition coefficient (Wildman–Crippen LogP) is 1.13. The summed E-state index contributed by atoms with van der Waals surface area (Å²) in [5.41, 5.74) is 1.69. The molecule has 27 heavy (non-hydrogen) atoms. The van der Waals surface area contributed by atoms with Crippen LogP contribution in [0.2, 0.25) is 0 Å². The standard InChI is InChI=1S/C19H24N4O3S/c1-2-9-20-17(25)12-23-16(13-24)11-22-19(23)27-14-18(26)21-10-8-15-6-4-3-5-7-15/h2-7,11,24H,1,8-10,12-14H2,(H,20,25)(H,21,26). The van der Waals surface area contributed by atoms with Crippen LogP contribution < -0.4 is 10.6 Å². The molecule has 0 atom stereocenters. The molecule has 0 saturated heterocycles. The van der Waals surface area contributed by atoms with Gasteiger partial charge in [0.2, 0.25) is 11.8 Å². The summed E-state index contributed by atoms with van der Waals surface area (Å²) in [6.45, 7) is 4.28. The van der Waals surface area contributed by atoms with E-state index < -0.39 is 0 Å². The Labute approximate surface area is 162 Å². The lowest BCUT2D eigenvalue weighted by Gasteiger charge is -2.10. The SMILES string of the molecule is C=CCNC(=O)Cn1c(CO)cnc1SCC(=O)NCCc1ccccc1. The van der Waals surface area contributed by atoms with E-state index in [4.69, 9.17) is 0 Å². The summed E-state index contributed by atoms with van der Waals surface area (Å²) in [5, 5.41) is 15.5. The van der Waals surface area contributed by atoms with Crippen molar-refractivity contribution in [2.24, 2.45) is 0 Å². The largest absolute Gasteiger partial charge is 0.390 e. The second-order valence-electron chi connectivity index (χ2n) is 5.74. The molecule has 3 N–H and O–H groups in total. The maximum Gasteiger partial charge on any atom is 0.240 e. The minimum Gasteiger partial charge on any atom is -0.390 e. The van der Waals surface area contributed by atoms with Gasteiger partial charge in [-0.2, -0.15) is 0 Å². The third-order valence-corrected chi connectivity index (χ3v) is 4.71. The van der Waals surface area contributed by atoms with Gasteiger partial charge in [0.05, 0.1) is 24.3 Å².